The van der Waals surface area contributed by atoms with Crippen LogP contribution in [0.5, 0.6) is 11.5 Å². The lowest BCUT2D eigenvalue weighted by Crippen LogP contribution is -2.40. The lowest BCUT2D eigenvalue weighted by atomic mass is 10.1. The molecule has 0 aliphatic carbocycles. The van der Waals surface area contributed by atoms with Crippen molar-refractivity contribution in [3.05, 3.63) is 55.9 Å². The molecule has 0 saturated heterocycles. The second-order valence-corrected chi connectivity index (χ2v) is 6.32. The number of carbonyl (C=O) groups is 1. The van der Waals surface area contributed by atoms with Crippen molar-refractivity contribution < 1.29 is 23.0 Å². The number of hydrogen-bond acceptors (Lipinski definition) is 6. The Hall–Kier alpha value is -3.43. The van der Waals surface area contributed by atoms with Gasteiger partial charge in [-0.3, -0.25) is 18.7 Å². The summed E-state index contributed by atoms with van der Waals surface area (Å²) >= 11 is 0. The summed E-state index contributed by atoms with van der Waals surface area (Å²) < 4.78 is 36.9. The Bertz CT molecular complexity index is 1120. The first-order valence-electron chi connectivity index (χ1n) is 8.78. The van der Waals surface area contributed by atoms with Gasteiger partial charge >= 0.3 is 12.3 Å². The van der Waals surface area contributed by atoms with Gasteiger partial charge in [-0.1, -0.05) is 13.0 Å². The highest BCUT2D eigenvalue weighted by Crippen LogP contribution is 2.32. The van der Waals surface area contributed by atoms with Crippen molar-refractivity contribution in [1.29, 1.82) is 0 Å². The Morgan fingerprint density at radius 2 is 1.93 bits per heavy atom. The number of halogens is 2. The maximum Gasteiger partial charge on any atom is 0.387 e. The smallest absolute Gasteiger partial charge is 0.387 e. The lowest BCUT2D eigenvalue weighted by Gasteiger charge is -2.12. The molecule has 0 amide bonds. The number of ether oxygens (including phenoxy) is 2. The van der Waals surface area contributed by atoms with E-state index in [4.69, 9.17) is 4.74 Å². The van der Waals surface area contributed by atoms with Crippen LogP contribution in [0.25, 0.3) is 6.08 Å². The van der Waals surface area contributed by atoms with Crippen molar-refractivity contribution in [2.24, 2.45) is 7.05 Å². The van der Waals surface area contributed by atoms with Crippen LogP contribution in [0.3, 0.4) is 0 Å². The number of Topliss-reactive ketones (excluding diaryl/α,β-unsaturated/α-hetero) is 1. The molecule has 0 fully saturated rings. The molecule has 29 heavy (non-hydrogen) atoms. The number of ketones is 1. The lowest BCUT2D eigenvalue weighted by molar-refractivity contribution is -0.0512. The van der Waals surface area contributed by atoms with E-state index in [1.807, 2.05) is 6.92 Å². The monoisotopic (exact) mass is 407 g/mol. The summed E-state index contributed by atoms with van der Waals surface area (Å²) in [5, 5.41) is 2.82. The highest BCUT2D eigenvalue weighted by atomic mass is 19.3. The summed E-state index contributed by atoms with van der Waals surface area (Å²) in [5.41, 5.74) is -0.958. The number of rotatable bonds is 6. The number of anilines is 1. The van der Waals surface area contributed by atoms with Gasteiger partial charge in [0, 0.05) is 13.6 Å². The average molecular weight is 407 g/mol. The molecule has 1 aliphatic heterocycles. The van der Waals surface area contributed by atoms with Crippen LogP contribution >= 0.6 is 0 Å². The summed E-state index contributed by atoms with van der Waals surface area (Å²) in [6, 6.07) is 4.25. The van der Waals surface area contributed by atoms with Crippen molar-refractivity contribution >= 4 is 17.7 Å². The summed E-state index contributed by atoms with van der Waals surface area (Å²) in [7, 11) is 2.62. The molecule has 3 rings (SSSR count). The molecule has 0 saturated carbocycles. The van der Waals surface area contributed by atoms with Gasteiger partial charge in [0.25, 0.3) is 5.56 Å². The second kappa shape index (κ2) is 7.90. The van der Waals surface area contributed by atoms with E-state index in [-0.39, 0.29) is 28.6 Å². The molecule has 10 heteroatoms. The van der Waals surface area contributed by atoms with Gasteiger partial charge in [-0.25, -0.2) is 4.79 Å². The fourth-order valence-electron chi connectivity index (χ4n) is 3.09. The minimum Gasteiger partial charge on any atom is -0.493 e. The Balaban J connectivity index is 2.08. The van der Waals surface area contributed by atoms with Crippen LogP contribution < -0.4 is 26.0 Å². The predicted octanol–water partition coefficient (Wildman–Crippen LogP) is 2.22. The molecular weight excluding hydrogens is 388 g/mol. The third-order valence-corrected chi connectivity index (χ3v) is 4.43. The first kappa shape index (κ1) is 20.3. The summed E-state index contributed by atoms with van der Waals surface area (Å²) in [5.74, 6) is -0.544. The van der Waals surface area contributed by atoms with Gasteiger partial charge in [0.2, 0.25) is 5.78 Å². The summed E-state index contributed by atoms with van der Waals surface area (Å²) in [6.45, 7) is -0.870. The molecule has 0 unspecified atom stereocenters. The molecule has 1 aromatic heterocycles. The number of fused-ring (bicyclic) bond motifs is 1. The van der Waals surface area contributed by atoms with Crippen LogP contribution in [0.2, 0.25) is 0 Å². The summed E-state index contributed by atoms with van der Waals surface area (Å²) in [4.78, 5) is 37.6. The largest absolute Gasteiger partial charge is 0.493 e. The molecule has 1 aliphatic rings. The number of aromatic nitrogens is 2. The van der Waals surface area contributed by atoms with Gasteiger partial charge in [-0.05, 0) is 30.2 Å². The van der Waals surface area contributed by atoms with Crippen LogP contribution in [0.15, 0.2) is 33.5 Å². The number of nitrogens with one attached hydrogen (secondary N) is 1. The van der Waals surface area contributed by atoms with E-state index in [1.54, 1.807) is 6.07 Å². The predicted molar refractivity (Wildman–Crippen MR) is 102 cm³/mol. The SMILES string of the molecule is CCCn1c2c(c(=O)n(C)c1=O)C(=O)/C(=C/c1ccc(OC)c(OC(F)F)c1)N2. The number of hydrogen-bond donors (Lipinski definition) is 1. The minimum absolute atomic E-state index is 0.0423. The van der Waals surface area contributed by atoms with Crippen LogP contribution in [0.4, 0.5) is 14.6 Å². The molecule has 2 heterocycles. The first-order chi connectivity index (χ1) is 13.8. The third kappa shape index (κ3) is 3.65. The maximum absolute atomic E-state index is 12.8. The Kier molecular flexibility index (Phi) is 5.53. The standard InChI is InChI=1S/C19H19F2N3O5/c1-4-7-24-16-14(17(26)23(2)19(24)27)15(25)11(22-16)8-10-5-6-12(28-3)13(9-10)29-18(20)21/h5-6,8-9,18,22H,4,7H2,1-3H3/b11-8-. The van der Waals surface area contributed by atoms with Gasteiger partial charge in [0.05, 0.1) is 12.8 Å². The second-order valence-electron chi connectivity index (χ2n) is 6.32. The fourth-order valence-corrected chi connectivity index (χ4v) is 3.09. The zero-order valence-electron chi connectivity index (χ0n) is 16.0. The van der Waals surface area contributed by atoms with E-state index < -0.39 is 23.6 Å². The van der Waals surface area contributed by atoms with Crippen LogP contribution in [0.1, 0.15) is 29.3 Å². The van der Waals surface area contributed by atoms with Crippen molar-refractivity contribution in [3.8, 4) is 11.5 Å². The van der Waals surface area contributed by atoms with Crippen LogP contribution in [0, 0.1) is 0 Å². The Labute approximate surface area is 164 Å². The highest BCUT2D eigenvalue weighted by molar-refractivity contribution is 6.19. The normalized spacial score (nSPS) is 14.3. The van der Waals surface area contributed by atoms with Crippen molar-refractivity contribution in [2.75, 3.05) is 12.4 Å². The molecular formula is C19H19F2N3O5. The van der Waals surface area contributed by atoms with E-state index in [1.165, 1.54) is 36.9 Å². The highest BCUT2D eigenvalue weighted by Gasteiger charge is 2.32. The molecule has 0 atom stereocenters. The molecule has 1 aromatic carbocycles. The molecule has 1 N–H and O–H groups in total. The number of nitrogens with zero attached hydrogens (tertiary/aromatic N) is 2. The number of methoxy groups -OCH3 is 1. The van der Waals surface area contributed by atoms with Crippen molar-refractivity contribution in [3.63, 3.8) is 0 Å². The zero-order valence-corrected chi connectivity index (χ0v) is 16.0. The van der Waals surface area contributed by atoms with Gasteiger partial charge in [0.15, 0.2) is 11.5 Å². The van der Waals surface area contributed by atoms with E-state index in [0.29, 0.717) is 18.5 Å². The van der Waals surface area contributed by atoms with Crippen molar-refractivity contribution in [2.45, 2.75) is 26.5 Å². The van der Waals surface area contributed by atoms with Gasteiger partial charge < -0.3 is 14.8 Å². The van der Waals surface area contributed by atoms with Crippen LogP contribution in [-0.4, -0.2) is 28.6 Å². The van der Waals surface area contributed by atoms with E-state index in [9.17, 15) is 23.2 Å². The fraction of sp³-hybridized carbons (Fsp3) is 0.316. The number of carbonyl (C=O) groups excluding carboxylic acids is 1. The van der Waals surface area contributed by atoms with Gasteiger partial charge in [-0.2, -0.15) is 8.78 Å². The quantitative estimate of drug-likeness (QED) is 0.739. The van der Waals surface area contributed by atoms with Crippen LogP contribution in [-0.2, 0) is 13.6 Å². The topological polar surface area (TPSA) is 91.6 Å². The maximum atomic E-state index is 12.8. The molecule has 0 spiro atoms. The Morgan fingerprint density at radius 3 is 2.55 bits per heavy atom. The molecule has 0 bridgehead atoms. The molecule has 0 radical (unpaired) electrons. The van der Waals surface area contributed by atoms with Gasteiger partial charge in [-0.15, -0.1) is 0 Å². The van der Waals surface area contributed by atoms with Crippen molar-refractivity contribution in [1.82, 2.24) is 9.13 Å². The molecule has 8 nitrogen and oxygen atoms in total. The van der Waals surface area contributed by atoms with Gasteiger partial charge in [0.1, 0.15) is 11.4 Å². The average Bonchev–Trinajstić information content (AvgIpc) is 2.99. The number of allylic oxidation sites excluding steroid dienone is 1. The summed E-state index contributed by atoms with van der Waals surface area (Å²) in [6.07, 6.45) is 2.01. The molecule has 2 aromatic rings. The minimum atomic E-state index is -3.05. The Morgan fingerprint density at radius 1 is 1.21 bits per heavy atom. The number of alkyl halides is 2. The van der Waals surface area contributed by atoms with E-state index in [2.05, 4.69) is 10.1 Å². The molecule has 154 valence electrons. The third-order valence-electron chi connectivity index (χ3n) is 4.43. The zero-order chi connectivity index (χ0) is 21.3. The first-order valence-corrected chi connectivity index (χ1v) is 8.78. The number of benzene rings is 1. The van der Waals surface area contributed by atoms with E-state index >= 15 is 0 Å². The van der Waals surface area contributed by atoms with E-state index in [0.717, 1.165) is 4.57 Å².